The van der Waals surface area contributed by atoms with Gasteiger partial charge in [-0.1, -0.05) is 85.2 Å². The molecule has 5 rings (SSSR count). The number of carbonyl (C=O) groups excluding carboxylic acids is 3. The molecule has 0 radical (unpaired) electrons. The molecule has 0 spiro atoms. The van der Waals surface area contributed by atoms with Gasteiger partial charge < -0.3 is 54.2 Å². The second-order valence-electron chi connectivity index (χ2n) is 23.5. The normalized spacial score (nSPS) is 18.6. The molecule has 1 N–H and O–H groups in total. The van der Waals surface area contributed by atoms with Crippen LogP contribution in [0.4, 0.5) is 0 Å². The van der Waals surface area contributed by atoms with Crippen molar-refractivity contribution >= 4 is 41.5 Å². The van der Waals surface area contributed by atoms with Gasteiger partial charge in [-0.15, -0.1) is 0 Å². The van der Waals surface area contributed by atoms with Gasteiger partial charge in [-0.25, -0.2) is 18.4 Å². The molecular formula is C63H110Cl3N3NaO8-. The molecule has 0 bridgehead atoms. The average molecular weight is 1170 g/mol. The number of nitrogens with one attached hydrogen (secondary N) is 1. The van der Waals surface area contributed by atoms with Crippen LogP contribution in [-0.2, 0) is 28.6 Å². The summed E-state index contributed by atoms with van der Waals surface area (Å²) in [6.45, 7) is 42.2. The molecule has 0 atom stereocenters. The minimum absolute atomic E-state index is 0. The van der Waals surface area contributed by atoms with Crippen LogP contribution in [0.2, 0.25) is 0 Å². The third-order valence-corrected chi connectivity index (χ3v) is 14.3. The predicted molar refractivity (Wildman–Crippen MR) is 325 cm³/mol. The number of hydrogen-bond donors (Lipinski definition) is 1. The molecule has 3 heterocycles. The smallest absolute Gasteiger partial charge is 1.00 e. The standard InChI is InChI=1S/C15H28ClNO2.C13H22ClNO2.C13H23NO2.2C8H10O.C2H.4CH4.ClH.Na/c1-8-13(2,3)12(18)19-11-9-14(4,5)17(16)15(6,7)10-11;1-9(2)11(16)17-10-7-12(3,4)15(14)13(5,6)8-10;1-9(2)11(15)16-10-7-12(3,4)14-13(5,6)8-10;2*1-7-3-5-8(9-2)6-4-7;1-2;;;;;;/h11H,8-10H2,1-7H3;10H,1,7-8H2,2-6H3;10,14H,1,7-8H2,2-6H3;2*3-6H,1-2H3;1H;4*1H4;1H;/q;;;;;-1;;;;;;+1/p-1/i;;;2*1T;1D;;;;;;. The van der Waals surface area contributed by atoms with E-state index >= 15 is 0 Å². The summed E-state index contributed by atoms with van der Waals surface area (Å²) < 4.78 is 49.9. The molecule has 448 valence electrons. The van der Waals surface area contributed by atoms with Gasteiger partial charge in [0.05, 0.1) is 21.0 Å². The first-order valence-corrected chi connectivity index (χ1v) is 25.3. The molecule has 2 aromatic rings. The minimum atomic E-state index is -0.410. The number of nitrogens with zero attached hydrogens (tertiary/aromatic N) is 2. The molecule has 0 unspecified atom stereocenters. The average Bonchev–Trinajstić information content (AvgIpc) is 3.29. The number of terminal acetylenes is 1. The van der Waals surface area contributed by atoms with E-state index in [2.05, 4.69) is 102 Å². The third-order valence-electron chi connectivity index (χ3n) is 12.5. The fourth-order valence-electron chi connectivity index (χ4n) is 9.02. The summed E-state index contributed by atoms with van der Waals surface area (Å²) in [4.78, 5) is 35.2. The molecule has 3 saturated heterocycles. The van der Waals surface area contributed by atoms with Crippen LogP contribution in [0.1, 0.15) is 208 Å². The van der Waals surface area contributed by atoms with Gasteiger partial charge in [0, 0.05) is 85.6 Å². The number of carbonyl (C=O) groups is 3. The second-order valence-corrected chi connectivity index (χ2v) is 24.2. The molecular weight excluding hydrogens is 1060 g/mol. The maximum absolute atomic E-state index is 12.2. The van der Waals surface area contributed by atoms with Crippen LogP contribution in [0.15, 0.2) is 72.8 Å². The van der Waals surface area contributed by atoms with Crippen LogP contribution in [0.25, 0.3) is 0 Å². The van der Waals surface area contributed by atoms with Crippen LogP contribution >= 0.6 is 23.6 Å². The Hall–Kier alpha value is -2.76. The number of aryl methyl sites for hydroxylation is 2. The molecule has 0 aliphatic carbocycles. The summed E-state index contributed by atoms with van der Waals surface area (Å²) in [6.07, 6.45) is 12.2. The van der Waals surface area contributed by atoms with E-state index in [9.17, 15) is 14.4 Å². The van der Waals surface area contributed by atoms with Crippen molar-refractivity contribution in [2.24, 2.45) is 5.41 Å². The van der Waals surface area contributed by atoms with Gasteiger partial charge in [-0.2, -0.15) is 0 Å². The van der Waals surface area contributed by atoms with Gasteiger partial charge in [0.15, 0.2) is 0 Å². The second kappa shape index (κ2) is 38.1. The summed E-state index contributed by atoms with van der Waals surface area (Å²) >= 11 is 12.8. The van der Waals surface area contributed by atoms with Crippen LogP contribution in [-0.4, -0.2) is 92.5 Å². The Morgan fingerprint density at radius 2 is 0.910 bits per heavy atom. The number of halogens is 3. The Morgan fingerprint density at radius 3 is 1.14 bits per heavy atom. The number of hydrogen-bond acceptors (Lipinski definition) is 11. The van der Waals surface area contributed by atoms with E-state index in [-0.39, 0.29) is 141 Å². The van der Waals surface area contributed by atoms with Gasteiger partial charge in [0.2, 0.25) is 0 Å². The maximum Gasteiger partial charge on any atom is 1.00 e. The van der Waals surface area contributed by atoms with Crippen molar-refractivity contribution in [3.8, 4) is 17.9 Å². The van der Waals surface area contributed by atoms with Crippen LogP contribution in [0, 0.1) is 32.0 Å². The molecule has 0 saturated carbocycles. The van der Waals surface area contributed by atoms with Crippen molar-refractivity contribution in [3.63, 3.8) is 0 Å². The Bertz CT molecular complexity index is 2020. The van der Waals surface area contributed by atoms with Crippen molar-refractivity contribution in [2.75, 3.05) is 14.2 Å². The maximum atomic E-state index is 12.2. The van der Waals surface area contributed by atoms with Crippen LogP contribution in [0.3, 0.4) is 0 Å². The molecule has 3 aliphatic rings. The van der Waals surface area contributed by atoms with E-state index in [4.69, 9.17) is 57.8 Å². The molecule has 15 heteroatoms. The predicted octanol–water partition coefficient (Wildman–Crippen LogP) is 10.6. The summed E-state index contributed by atoms with van der Waals surface area (Å²) in [5.74, 6) is 0.993. The molecule has 11 nitrogen and oxygen atoms in total. The van der Waals surface area contributed by atoms with E-state index in [1.807, 2.05) is 78.1 Å². The number of ether oxygens (including phenoxy) is 5. The molecule has 0 amide bonds. The third kappa shape index (κ3) is 31.5. The van der Waals surface area contributed by atoms with E-state index in [1.165, 1.54) is 6.40 Å². The summed E-state index contributed by atoms with van der Waals surface area (Å²) in [7, 11) is 3.27. The van der Waals surface area contributed by atoms with Crippen molar-refractivity contribution in [2.45, 2.75) is 258 Å². The van der Waals surface area contributed by atoms with Crippen molar-refractivity contribution < 1.29 is 84.1 Å². The Kier molecular flexibility index (Phi) is 39.9. The fraction of sp³-hybridized carbons (Fsp3) is 0.667. The monoisotopic (exact) mass is 1170 g/mol. The van der Waals surface area contributed by atoms with E-state index in [0.29, 0.717) is 24.9 Å². The molecule has 0 aromatic heterocycles. The molecule has 78 heavy (non-hydrogen) atoms. The number of piperidine rings is 3. The Morgan fingerprint density at radius 1 is 0.654 bits per heavy atom. The molecule has 3 aliphatic heterocycles. The number of benzene rings is 2. The summed E-state index contributed by atoms with van der Waals surface area (Å²) in [5, 5.41) is 3.55. The quantitative estimate of drug-likeness (QED) is 0.0492. The first-order chi connectivity index (χ1) is 34.2. The Balaban J connectivity index is -0.000000167. The molecule has 3 fully saturated rings. The minimum Gasteiger partial charge on any atom is -1.00 e. The van der Waals surface area contributed by atoms with Crippen LogP contribution < -0.4 is 56.8 Å². The SMILES string of the molecule is C.C.C.C.C=C(C)C(=O)OC1CC(C)(C)N(Cl)C(C)(C)C1.C=C(C)C(=O)OC1CC(C)(C)NC(C)(C)C1.CCC(C)(C)C(=O)OC1CC(C)(C)N(Cl)C(C)(C)C1.[2H]C#[C-].[3H]Cc1ccc(OC)cc1.[3H]Cc1ccc(OC)cc1.[Cl-].[Na+]. The first-order valence-electron chi connectivity index (χ1n) is 26.5. The number of rotatable bonds is 9. The van der Waals surface area contributed by atoms with Crippen molar-refractivity contribution in [3.05, 3.63) is 90.4 Å². The zero-order chi connectivity index (χ0) is 58.6. The van der Waals surface area contributed by atoms with E-state index in [1.54, 1.807) is 28.1 Å². The van der Waals surface area contributed by atoms with E-state index in [0.717, 1.165) is 67.6 Å². The fourth-order valence-corrected chi connectivity index (χ4v) is 9.30. The van der Waals surface area contributed by atoms with Crippen molar-refractivity contribution in [1.82, 2.24) is 14.2 Å². The van der Waals surface area contributed by atoms with Crippen molar-refractivity contribution in [1.29, 1.82) is 0 Å². The summed E-state index contributed by atoms with van der Waals surface area (Å²) in [5.41, 5.74) is 1.79. The number of esters is 3. The van der Waals surface area contributed by atoms with Crippen LogP contribution in [0.5, 0.6) is 11.5 Å². The zero-order valence-electron chi connectivity index (χ0n) is 51.9. The van der Waals surface area contributed by atoms with Gasteiger partial charge in [-0.05, 0) is 179 Å². The largest absolute Gasteiger partial charge is 1.00 e. The van der Waals surface area contributed by atoms with E-state index < -0.39 is 5.41 Å². The van der Waals surface area contributed by atoms with Gasteiger partial charge in [0.25, 0.3) is 0 Å². The zero-order valence-corrected chi connectivity index (χ0v) is 53.2. The van der Waals surface area contributed by atoms with Gasteiger partial charge >= 0.3 is 47.5 Å². The Labute approximate surface area is 521 Å². The summed E-state index contributed by atoms with van der Waals surface area (Å²) in [6, 6.07) is 15.0. The topological polar surface area (TPSA) is 116 Å². The van der Waals surface area contributed by atoms with Gasteiger partial charge in [-0.3, -0.25) is 4.79 Å². The first kappa shape index (κ1) is 81.7. The number of methoxy groups -OCH3 is 2. The van der Waals surface area contributed by atoms with Gasteiger partial charge in [0.1, 0.15) is 29.8 Å². The molecule has 2 aromatic carbocycles.